The van der Waals surface area contributed by atoms with Gasteiger partial charge in [-0.15, -0.1) is 0 Å². The number of carbonyl (C=O) groups is 1. The Kier molecular flexibility index (Phi) is 6.85. The summed E-state index contributed by atoms with van der Waals surface area (Å²) in [5, 5.41) is 2.93. The summed E-state index contributed by atoms with van der Waals surface area (Å²) in [6, 6.07) is 14.2. The van der Waals surface area contributed by atoms with Crippen LogP contribution >= 0.6 is 0 Å². The number of hydrogen-bond donors (Lipinski definition) is 1. The molecule has 0 spiro atoms. The second-order valence-electron chi connectivity index (χ2n) is 7.02. The van der Waals surface area contributed by atoms with E-state index in [1.165, 1.54) is 11.1 Å². The van der Waals surface area contributed by atoms with E-state index >= 15 is 0 Å². The van der Waals surface area contributed by atoms with Gasteiger partial charge in [-0.2, -0.15) is 0 Å². The van der Waals surface area contributed by atoms with Crippen molar-refractivity contribution >= 4 is 5.91 Å². The van der Waals surface area contributed by atoms with Gasteiger partial charge in [-0.3, -0.25) is 9.69 Å². The third kappa shape index (κ3) is 6.08. The van der Waals surface area contributed by atoms with Gasteiger partial charge in [0, 0.05) is 26.2 Å². The molecule has 5 nitrogen and oxygen atoms in total. The lowest BCUT2D eigenvalue weighted by Crippen LogP contribution is -2.35. The molecular formula is C22H28N2O3. The van der Waals surface area contributed by atoms with Crippen LogP contribution in [-0.4, -0.2) is 43.7 Å². The topological polar surface area (TPSA) is 50.8 Å². The first-order chi connectivity index (χ1) is 13.1. The van der Waals surface area contributed by atoms with E-state index in [2.05, 4.69) is 29.3 Å². The summed E-state index contributed by atoms with van der Waals surface area (Å²) in [6.45, 7) is 9.08. The predicted molar refractivity (Wildman–Crippen MR) is 106 cm³/mol. The fourth-order valence-corrected chi connectivity index (χ4v) is 3.06. The van der Waals surface area contributed by atoms with Crippen molar-refractivity contribution in [1.29, 1.82) is 0 Å². The van der Waals surface area contributed by atoms with E-state index in [0.29, 0.717) is 6.54 Å². The Morgan fingerprint density at radius 3 is 2.63 bits per heavy atom. The lowest BCUT2D eigenvalue weighted by Gasteiger charge is -2.26. The summed E-state index contributed by atoms with van der Waals surface area (Å²) < 4.78 is 11.0. The summed E-state index contributed by atoms with van der Waals surface area (Å²) in [5.41, 5.74) is 4.73. The minimum absolute atomic E-state index is 0.0238. The van der Waals surface area contributed by atoms with Crippen molar-refractivity contribution in [2.24, 2.45) is 0 Å². The van der Waals surface area contributed by atoms with E-state index in [0.717, 1.165) is 49.7 Å². The first-order valence-electron chi connectivity index (χ1n) is 9.45. The van der Waals surface area contributed by atoms with E-state index in [9.17, 15) is 4.79 Å². The Morgan fingerprint density at radius 1 is 1.07 bits per heavy atom. The van der Waals surface area contributed by atoms with Crippen LogP contribution in [-0.2, 0) is 22.6 Å². The second-order valence-corrected chi connectivity index (χ2v) is 7.02. The highest BCUT2D eigenvalue weighted by Crippen LogP contribution is 2.16. The average Bonchev–Trinajstić information content (AvgIpc) is 2.68. The standard InChI is InChI=1S/C22H28N2O3/c1-17-6-7-21(12-18(17)2)27-16-22(25)23-14-19-4-3-5-20(13-19)15-24-8-10-26-11-9-24/h3-7,12-13H,8-11,14-16H2,1-2H3,(H,23,25). The fourth-order valence-electron chi connectivity index (χ4n) is 3.06. The van der Waals surface area contributed by atoms with Crippen LogP contribution in [0.4, 0.5) is 0 Å². The highest BCUT2D eigenvalue weighted by atomic mass is 16.5. The van der Waals surface area contributed by atoms with Crippen molar-refractivity contribution in [1.82, 2.24) is 10.2 Å². The highest BCUT2D eigenvalue weighted by molar-refractivity contribution is 5.77. The van der Waals surface area contributed by atoms with Crippen LogP contribution in [0.3, 0.4) is 0 Å². The molecule has 3 rings (SSSR count). The van der Waals surface area contributed by atoms with Crippen LogP contribution in [0.5, 0.6) is 5.75 Å². The summed E-state index contributed by atoms with van der Waals surface area (Å²) >= 11 is 0. The molecule has 2 aromatic rings. The molecule has 0 unspecified atom stereocenters. The normalized spacial score (nSPS) is 14.7. The van der Waals surface area contributed by atoms with Gasteiger partial charge >= 0.3 is 0 Å². The van der Waals surface area contributed by atoms with Crippen molar-refractivity contribution in [3.8, 4) is 5.75 Å². The van der Waals surface area contributed by atoms with Gasteiger partial charge in [0.05, 0.1) is 13.2 Å². The van der Waals surface area contributed by atoms with Crippen LogP contribution < -0.4 is 10.1 Å². The molecule has 0 bridgehead atoms. The smallest absolute Gasteiger partial charge is 0.258 e. The lowest BCUT2D eigenvalue weighted by atomic mass is 10.1. The average molecular weight is 368 g/mol. The summed E-state index contributed by atoms with van der Waals surface area (Å²) in [4.78, 5) is 14.5. The largest absolute Gasteiger partial charge is 0.484 e. The summed E-state index contributed by atoms with van der Waals surface area (Å²) in [6.07, 6.45) is 0. The number of hydrogen-bond acceptors (Lipinski definition) is 4. The zero-order valence-electron chi connectivity index (χ0n) is 16.2. The van der Waals surface area contributed by atoms with Gasteiger partial charge in [-0.1, -0.05) is 30.3 Å². The Balaban J connectivity index is 1.45. The number of nitrogens with zero attached hydrogens (tertiary/aromatic N) is 1. The first-order valence-corrected chi connectivity index (χ1v) is 9.45. The zero-order valence-corrected chi connectivity index (χ0v) is 16.2. The molecule has 0 radical (unpaired) electrons. The zero-order chi connectivity index (χ0) is 19.1. The van der Waals surface area contributed by atoms with Gasteiger partial charge in [0.25, 0.3) is 5.91 Å². The Morgan fingerprint density at radius 2 is 1.85 bits per heavy atom. The maximum Gasteiger partial charge on any atom is 0.258 e. The van der Waals surface area contributed by atoms with Crippen LogP contribution in [0.15, 0.2) is 42.5 Å². The highest BCUT2D eigenvalue weighted by Gasteiger charge is 2.11. The maximum atomic E-state index is 12.1. The molecule has 0 saturated carbocycles. The van der Waals surface area contributed by atoms with Crippen LogP contribution in [0, 0.1) is 13.8 Å². The number of ether oxygens (including phenoxy) is 2. The molecule has 1 saturated heterocycles. The SMILES string of the molecule is Cc1ccc(OCC(=O)NCc2cccc(CN3CCOCC3)c2)cc1C. The number of morpholine rings is 1. The number of benzene rings is 2. The van der Waals surface area contributed by atoms with Gasteiger partial charge in [-0.25, -0.2) is 0 Å². The molecule has 1 N–H and O–H groups in total. The molecule has 1 amide bonds. The van der Waals surface area contributed by atoms with E-state index < -0.39 is 0 Å². The molecule has 2 aromatic carbocycles. The van der Waals surface area contributed by atoms with Gasteiger partial charge < -0.3 is 14.8 Å². The molecule has 27 heavy (non-hydrogen) atoms. The van der Waals surface area contributed by atoms with E-state index in [1.807, 2.05) is 37.3 Å². The molecule has 0 aliphatic carbocycles. The van der Waals surface area contributed by atoms with E-state index in [4.69, 9.17) is 9.47 Å². The first kappa shape index (κ1) is 19.4. The van der Waals surface area contributed by atoms with Gasteiger partial charge in [0.15, 0.2) is 6.61 Å². The van der Waals surface area contributed by atoms with Crippen molar-refractivity contribution in [2.45, 2.75) is 26.9 Å². The van der Waals surface area contributed by atoms with Crippen molar-refractivity contribution in [2.75, 3.05) is 32.9 Å². The Bertz CT molecular complexity index is 770. The second kappa shape index (κ2) is 9.53. The Hall–Kier alpha value is -2.37. The van der Waals surface area contributed by atoms with Crippen LogP contribution in [0.1, 0.15) is 22.3 Å². The minimum atomic E-state index is -0.119. The lowest BCUT2D eigenvalue weighted by molar-refractivity contribution is -0.123. The molecule has 1 fully saturated rings. The molecule has 1 heterocycles. The molecule has 0 aromatic heterocycles. The quantitative estimate of drug-likeness (QED) is 0.817. The number of nitrogens with one attached hydrogen (secondary N) is 1. The maximum absolute atomic E-state index is 12.1. The Labute approximate surface area is 161 Å². The van der Waals surface area contributed by atoms with Gasteiger partial charge in [-0.05, 0) is 48.2 Å². The number of aryl methyl sites for hydroxylation is 2. The molecule has 1 aliphatic heterocycles. The molecule has 5 heteroatoms. The number of carbonyl (C=O) groups excluding carboxylic acids is 1. The van der Waals surface area contributed by atoms with Gasteiger partial charge in [0.2, 0.25) is 0 Å². The minimum Gasteiger partial charge on any atom is -0.484 e. The summed E-state index contributed by atoms with van der Waals surface area (Å²) in [5.74, 6) is 0.604. The molecular weight excluding hydrogens is 340 g/mol. The van der Waals surface area contributed by atoms with Crippen molar-refractivity contribution < 1.29 is 14.3 Å². The fraction of sp³-hybridized carbons (Fsp3) is 0.409. The predicted octanol–water partition coefficient (Wildman–Crippen LogP) is 2.83. The van der Waals surface area contributed by atoms with Gasteiger partial charge in [0.1, 0.15) is 5.75 Å². The van der Waals surface area contributed by atoms with Crippen molar-refractivity contribution in [3.63, 3.8) is 0 Å². The van der Waals surface area contributed by atoms with E-state index in [-0.39, 0.29) is 12.5 Å². The third-order valence-electron chi connectivity index (χ3n) is 4.84. The van der Waals surface area contributed by atoms with Crippen LogP contribution in [0.25, 0.3) is 0 Å². The van der Waals surface area contributed by atoms with E-state index in [1.54, 1.807) is 0 Å². The molecule has 144 valence electrons. The number of amides is 1. The molecule has 0 atom stereocenters. The number of rotatable bonds is 7. The third-order valence-corrected chi connectivity index (χ3v) is 4.84. The summed E-state index contributed by atoms with van der Waals surface area (Å²) in [7, 11) is 0. The monoisotopic (exact) mass is 368 g/mol. The van der Waals surface area contributed by atoms with Crippen molar-refractivity contribution in [3.05, 3.63) is 64.7 Å². The van der Waals surface area contributed by atoms with Crippen LogP contribution in [0.2, 0.25) is 0 Å². The molecule has 1 aliphatic rings.